The molecule has 0 aliphatic carbocycles. The molecule has 1 unspecified atom stereocenters. The molecule has 6 heteroatoms. The average Bonchev–Trinajstić information content (AvgIpc) is 2.38. The lowest BCUT2D eigenvalue weighted by atomic mass is 10.2. The van der Waals surface area contributed by atoms with Crippen molar-refractivity contribution < 1.29 is 4.79 Å². The fourth-order valence-corrected chi connectivity index (χ4v) is 2.13. The van der Waals surface area contributed by atoms with E-state index < -0.39 is 0 Å². The number of unbranched alkanes of at least 4 members (excludes halogenated alkanes) is 1. The van der Waals surface area contributed by atoms with Gasteiger partial charge in [0.25, 0.3) is 0 Å². The molecule has 18 heavy (non-hydrogen) atoms. The van der Waals surface area contributed by atoms with Crippen molar-refractivity contribution in [3.05, 3.63) is 0 Å². The summed E-state index contributed by atoms with van der Waals surface area (Å²) in [6.07, 6.45) is 2.13. The zero-order chi connectivity index (χ0) is 13.5. The van der Waals surface area contributed by atoms with E-state index in [1.165, 1.54) is 0 Å². The van der Waals surface area contributed by atoms with Gasteiger partial charge in [-0.1, -0.05) is 25.6 Å². The lowest BCUT2D eigenvalue weighted by Gasteiger charge is -2.37. The Hall–Kier alpha value is -0.880. The van der Waals surface area contributed by atoms with Crippen LogP contribution in [0.25, 0.3) is 0 Å². The number of carbonyl (C=O) groups excluding carboxylic acids is 1. The highest BCUT2D eigenvalue weighted by Crippen LogP contribution is 2.06. The summed E-state index contributed by atoms with van der Waals surface area (Å²) in [4.78, 5) is 16.4. The summed E-state index contributed by atoms with van der Waals surface area (Å²) in [6.45, 7) is 8.04. The van der Waals surface area contributed by atoms with E-state index in [-0.39, 0.29) is 12.1 Å². The van der Waals surface area contributed by atoms with E-state index >= 15 is 0 Å². The van der Waals surface area contributed by atoms with E-state index in [1.54, 1.807) is 0 Å². The van der Waals surface area contributed by atoms with Crippen LogP contribution in [0.4, 0.5) is 4.79 Å². The van der Waals surface area contributed by atoms with Crippen molar-refractivity contribution in [1.82, 2.24) is 15.1 Å². The molecule has 0 radical (unpaired) electrons. The molecule has 0 aromatic carbocycles. The summed E-state index contributed by atoms with van der Waals surface area (Å²) in [6, 6.07) is 0.163. The van der Waals surface area contributed by atoms with Crippen LogP contribution in [0.1, 0.15) is 26.7 Å². The molecule has 1 rings (SSSR count). The van der Waals surface area contributed by atoms with Crippen LogP contribution in [0, 0.1) is 0 Å². The Morgan fingerprint density at radius 1 is 1.39 bits per heavy atom. The Morgan fingerprint density at radius 2 is 2.00 bits per heavy atom. The van der Waals surface area contributed by atoms with Gasteiger partial charge in [-0.2, -0.15) is 0 Å². The maximum absolute atomic E-state index is 11.8. The molecule has 1 saturated heterocycles. The second-order valence-electron chi connectivity index (χ2n) is 4.69. The molecule has 0 spiro atoms. The summed E-state index contributed by atoms with van der Waals surface area (Å²) in [7, 11) is 0. The molecule has 0 aromatic rings. The third kappa shape index (κ3) is 4.42. The van der Waals surface area contributed by atoms with E-state index in [0.29, 0.717) is 4.99 Å². The second-order valence-corrected chi connectivity index (χ2v) is 5.16. The lowest BCUT2D eigenvalue weighted by Crippen LogP contribution is -2.55. The van der Waals surface area contributed by atoms with Crippen LogP contribution in [0.5, 0.6) is 0 Å². The Morgan fingerprint density at radius 3 is 2.50 bits per heavy atom. The number of urea groups is 1. The first-order chi connectivity index (χ1) is 8.56. The molecule has 1 aliphatic rings. The number of rotatable bonds is 5. The first-order valence-corrected chi connectivity index (χ1v) is 7.03. The first kappa shape index (κ1) is 15.2. The molecule has 3 N–H and O–H groups in total. The highest BCUT2D eigenvalue weighted by molar-refractivity contribution is 7.80. The molecule has 0 bridgehead atoms. The minimum Gasteiger partial charge on any atom is -0.392 e. The number of nitrogens with zero attached hydrogens (tertiary/aromatic N) is 2. The Labute approximate surface area is 115 Å². The minimum absolute atomic E-state index is 0.0473. The maximum atomic E-state index is 11.8. The van der Waals surface area contributed by atoms with Gasteiger partial charge in [0.1, 0.15) is 0 Å². The van der Waals surface area contributed by atoms with E-state index in [9.17, 15) is 4.79 Å². The van der Waals surface area contributed by atoms with E-state index in [1.807, 2.05) is 11.8 Å². The van der Waals surface area contributed by atoms with E-state index in [4.69, 9.17) is 18.0 Å². The van der Waals surface area contributed by atoms with Gasteiger partial charge in [-0.3, -0.25) is 4.90 Å². The smallest absolute Gasteiger partial charge is 0.317 e. The standard InChI is InChI=1S/C12H24N4OS/c1-3-4-5-14-12(17)16-8-6-15(7-9-16)10(2)11(13)18/h10H,3-9H2,1-2H3,(H2,13,18)(H,14,17). The number of carbonyl (C=O) groups is 1. The molecule has 1 heterocycles. The molecule has 1 fully saturated rings. The summed E-state index contributed by atoms with van der Waals surface area (Å²) in [5.74, 6) is 0. The third-order valence-corrected chi connectivity index (χ3v) is 3.71. The van der Waals surface area contributed by atoms with Crippen LogP contribution in [-0.2, 0) is 0 Å². The van der Waals surface area contributed by atoms with E-state index in [0.717, 1.165) is 45.6 Å². The molecule has 0 aromatic heterocycles. The van der Waals surface area contributed by atoms with Gasteiger partial charge in [0.15, 0.2) is 0 Å². The lowest BCUT2D eigenvalue weighted by molar-refractivity contribution is 0.131. The van der Waals surface area contributed by atoms with Crippen LogP contribution >= 0.6 is 12.2 Å². The second kappa shape index (κ2) is 7.53. The highest BCUT2D eigenvalue weighted by atomic mass is 32.1. The Bertz CT molecular complexity index is 290. The van der Waals surface area contributed by atoms with Crippen molar-refractivity contribution in [2.75, 3.05) is 32.7 Å². The normalized spacial score (nSPS) is 18.4. The number of nitrogens with one attached hydrogen (secondary N) is 1. The van der Waals surface area contributed by atoms with Crippen LogP contribution in [0.2, 0.25) is 0 Å². The summed E-state index contributed by atoms with van der Waals surface area (Å²) < 4.78 is 0. The number of amides is 2. The topological polar surface area (TPSA) is 61.6 Å². The monoisotopic (exact) mass is 272 g/mol. The predicted octanol–water partition coefficient (Wildman–Crippen LogP) is 0.788. The van der Waals surface area contributed by atoms with Crippen molar-refractivity contribution in [2.24, 2.45) is 5.73 Å². The molecule has 1 atom stereocenters. The van der Waals surface area contributed by atoms with Crippen molar-refractivity contribution in [2.45, 2.75) is 32.7 Å². The summed E-state index contributed by atoms with van der Waals surface area (Å²) >= 11 is 4.99. The molecule has 0 saturated carbocycles. The van der Waals surface area contributed by atoms with Gasteiger partial charge in [0, 0.05) is 32.7 Å². The predicted molar refractivity (Wildman–Crippen MR) is 77.7 cm³/mol. The quantitative estimate of drug-likeness (QED) is 0.574. The Kier molecular flexibility index (Phi) is 6.35. The largest absolute Gasteiger partial charge is 0.392 e. The number of nitrogens with two attached hydrogens (primary N) is 1. The van der Waals surface area contributed by atoms with Crippen LogP contribution < -0.4 is 11.1 Å². The average molecular weight is 272 g/mol. The Balaban J connectivity index is 2.30. The zero-order valence-corrected chi connectivity index (χ0v) is 12.1. The molecule has 5 nitrogen and oxygen atoms in total. The van der Waals surface area contributed by atoms with Crippen molar-refractivity contribution in [1.29, 1.82) is 0 Å². The maximum Gasteiger partial charge on any atom is 0.317 e. The number of hydrogen-bond acceptors (Lipinski definition) is 3. The third-order valence-electron chi connectivity index (χ3n) is 3.37. The number of hydrogen-bond donors (Lipinski definition) is 2. The molecular formula is C12H24N4OS. The number of thiocarbonyl (C=S) groups is 1. The highest BCUT2D eigenvalue weighted by Gasteiger charge is 2.24. The van der Waals surface area contributed by atoms with Gasteiger partial charge in [-0.25, -0.2) is 4.79 Å². The zero-order valence-electron chi connectivity index (χ0n) is 11.3. The van der Waals surface area contributed by atoms with Crippen LogP contribution in [-0.4, -0.2) is 59.6 Å². The van der Waals surface area contributed by atoms with Crippen LogP contribution in [0.15, 0.2) is 0 Å². The SMILES string of the molecule is CCCCNC(=O)N1CCN(C(C)C(N)=S)CC1. The minimum atomic E-state index is 0.0473. The van der Waals surface area contributed by atoms with Gasteiger partial charge in [-0.05, 0) is 13.3 Å². The van der Waals surface area contributed by atoms with Crippen LogP contribution in [0.3, 0.4) is 0 Å². The number of piperazine rings is 1. The first-order valence-electron chi connectivity index (χ1n) is 6.62. The van der Waals surface area contributed by atoms with Crippen molar-refractivity contribution in [3.63, 3.8) is 0 Å². The van der Waals surface area contributed by atoms with Gasteiger partial charge >= 0.3 is 6.03 Å². The molecule has 1 aliphatic heterocycles. The van der Waals surface area contributed by atoms with Gasteiger partial charge in [-0.15, -0.1) is 0 Å². The molecule has 104 valence electrons. The van der Waals surface area contributed by atoms with Gasteiger partial charge < -0.3 is 16.0 Å². The summed E-state index contributed by atoms with van der Waals surface area (Å²) in [5.41, 5.74) is 5.64. The van der Waals surface area contributed by atoms with Gasteiger partial charge in [0.2, 0.25) is 0 Å². The summed E-state index contributed by atoms with van der Waals surface area (Å²) in [5, 5.41) is 2.94. The fraction of sp³-hybridized carbons (Fsp3) is 0.833. The molecule has 2 amide bonds. The van der Waals surface area contributed by atoms with Crippen molar-refractivity contribution >= 4 is 23.2 Å². The fourth-order valence-electron chi connectivity index (χ4n) is 1.98. The van der Waals surface area contributed by atoms with Crippen molar-refractivity contribution in [3.8, 4) is 0 Å². The van der Waals surface area contributed by atoms with Gasteiger partial charge in [0.05, 0.1) is 11.0 Å². The van der Waals surface area contributed by atoms with E-state index in [2.05, 4.69) is 17.1 Å². The molecular weight excluding hydrogens is 248 g/mol.